The highest BCUT2D eigenvalue weighted by molar-refractivity contribution is 7.22. The molecule has 4 aliphatic carbocycles. The Kier molecular flexibility index (Phi) is 5.94. The predicted octanol–water partition coefficient (Wildman–Crippen LogP) is 7.84. The number of aromatic nitrogens is 6. The Morgan fingerprint density at radius 2 is 1.76 bits per heavy atom. The lowest BCUT2D eigenvalue weighted by Crippen LogP contribution is -2.48. The van der Waals surface area contributed by atoms with Gasteiger partial charge >= 0.3 is 5.97 Å². The van der Waals surface area contributed by atoms with Gasteiger partial charge in [0, 0.05) is 41.3 Å². The summed E-state index contributed by atoms with van der Waals surface area (Å²) in [6.45, 7) is 3.00. The number of aromatic carboxylic acids is 1. The second kappa shape index (κ2) is 9.97. The van der Waals surface area contributed by atoms with Crippen LogP contribution >= 0.6 is 11.3 Å². The van der Waals surface area contributed by atoms with Gasteiger partial charge in [-0.15, -0.1) is 0 Å². The molecular formula is C35H33N7O2S. The summed E-state index contributed by atoms with van der Waals surface area (Å²) in [6.07, 6.45) is 15.4. The number of rotatable bonds is 7. The van der Waals surface area contributed by atoms with Crippen LogP contribution in [-0.4, -0.2) is 40.2 Å². The zero-order valence-corrected chi connectivity index (χ0v) is 25.8. The van der Waals surface area contributed by atoms with Crippen LogP contribution in [-0.2, 0) is 6.54 Å². The Labute approximate surface area is 264 Å². The first kappa shape index (κ1) is 26.8. The fraction of sp³-hybridized carbons (Fsp3) is 0.343. The zero-order valence-electron chi connectivity index (χ0n) is 25.0. The van der Waals surface area contributed by atoms with Gasteiger partial charge in [-0.3, -0.25) is 9.08 Å². The van der Waals surface area contributed by atoms with Crippen LogP contribution in [0.5, 0.6) is 0 Å². The number of carboxylic acid groups (broad SMARTS) is 1. The lowest BCUT2D eigenvalue weighted by molar-refractivity contribution is -0.0638. The van der Waals surface area contributed by atoms with Crippen LogP contribution in [0.3, 0.4) is 0 Å². The molecule has 226 valence electrons. The van der Waals surface area contributed by atoms with Crippen LogP contribution in [0, 0.1) is 30.1 Å². The molecule has 6 aromatic rings. The molecule has 10 heteroatoms. The van der Waals surface area contributed by atoms with Crippen molar-refractivity contribution in [2.75, 3.05) is 5.32 Å². The number of imidazole rings is 1. The molecule has 0 atom stereocenters. The standard InChI is InChI=1S/C35H33N7O2S/c1-20-26(17-38-42(20)19-35-13-21-10-22(14-35)12-23(11-21)15-35)25-8-9-41-28(18-37-32(41)31(25)33(43)44)24-6-7-30(36-16-24)40-34-39-27-4-2-3-5-29(27)45-34/h2-9,16-18,21-23H,10-15,19H2,1H3,(H,43,44)(H,36,39,40). The van der Waals surface area contributed by atoms with E-state index in [1.165, 1.54) is 38.5 Å². The van der Waals surface area contributed by atoms with Gasteiger partial charge in [-0.1, -0.05) is 23.5 Å². The molecule has 45 heavy (non-hydrogen) atoms. The molecule has 0 spiro atoms. The summed E-state index contributed by atoms with van der Waals surface area (Å²) >= 11 is 1.58. The Morgan fingerprint density at radius 1 is 0.978 bits per heavy atom. The summed E-state index contributed by atoms with van der Waals surface area (Å²) in [6, 6.07) is 13.8. The van der Waals surface area contributed by atoms with Gasteiger partial charge in [-0.2, -0.15) is 5.10 Å². The van der Waals surface area contributed by atoms with Crippen molar-refractivity contribution in [2.24, 2.45) is 23.2 Å². The molecule has 4 aliphatic rings. The second-order valence-electron chi connectivity index (χ2n) is 13.5. The number of carbonyl (C=O) groups is 1. The highest BCUT2D eigenvalue weighted by Gasteiger charge is 2.51. The van der Waals surface area contributed by atoms with Crippen molar-refractivity contribution in [1.82, 2.24) is 29.1 Å². The third-order valence-electron chi connectivity index (χ3n) is 10.5. The molecule has 4 fully saturated rings. The predicted molar refractivity (Wildman–Crippen MR) is 175 cm³/mol. The van der Waals surface area contributed by atoms with Crippen molar-refractivity contribution in [3.05, 3.63) is 78.5 Å². The second-order valence-corrected chi connectivity index (χ2v) is 14.5. The largest absolute Gasteiger partial charge is 0.478 e. The first-order valence-corrected chi connectivity index (χ1v) is 16.6. The van der Waals surface area contributed by atoms with Crippen LogP contribution in [0.25, 0.3) is 38.2 Å². The third kappa shape index (κ3) is 4.45. The summed E-state index contributed by atoms with van der Waals surface area (Å²) < 4.78 is 5.09. The topological polar surface area (TPSA) is 110 Å². The molecule has 4 bridgehead atoms. The molecule has 4 saturated carbocycles. The van der Waals surface area contributed by atoms with E-state index in [-0.39, 0.29) is 5.56 Å². The van der Waals surface area contributed by atoms with Crippen LogP contribution in [0.15, 0.2) is 67.3 Å². The van der Waals surface area contributed by atoms with Gasteiger partial charge in [0.25, 0.3) is 0 Å². The maximum Gasteiger partial charge on any atom is 0.340 e. The fourth-order valence-electron chi connectivity index (χ4n) is 9.02. The molecule has 0 saturated heterocycles. The van der Waals surface area contributed by atoms with E-state index in [9.17, 15) is 9.90 Å². The van der Waals surface area contributed by atoms with Crippen LogP contribution in [0.2, 0.25) is 0 Å². The molecule has 10 rings (SSSR count). The highest BCUT2D eigenvalue weighted by Crippen LogP contribution is 2.60. The van der Waals surface area contributed by atoms with E-state index in [0.29, 0.717) is 22.4 Å². The van der Waals surface area contributed by atoms with E-state index < -0.39 is 5.97 Å². The normalized spacial score (nSPS) is 23.7. The lowest BCUT2D eigenvalue weighted by atomic mass is 9.49. The Hall–Kier alpha value is -4.57. The van der Waals surface area contributed by atoms with Gasteiger partial charge in [0.2, 0.25) is 0 Å². The molecule has 1 aromatic carbocycles. The molecule has 5 aromatic heterocycles. The smallest absolute Gasteiger partial charge is 0.340 e. The number of hydrogen-bond donors (Lipinski definition) is 2. The zero-order chi connectivity index (χ0) is 30.3. The summed E-state index contributed by atoms with van der Waals surface area (Å²) in [4.78, 5) is 26.6. The minimum absolute atomic E-state index is 0.184. The van der Waals surface area contributed by atoms with Crippen molar-refractivity contribution >= 4 is 44.1 Å². The molecule has 2 N–H and O–H groups in total. The Balaban J connectivity index is 1.01. The molecule has 0 aliphatic heterocycles. The number of benzene rings is 1. The van der Waals surface area contributed by atoms with Crippen molar-refractivity contribution < 1.29 is 9.90 Å². The minimum Gasteiger partial charge on any atom is -0.478 e. The van der Waals surface area contributed by atoms with Crippen LogP contribution < -0.4 is 5.32 Å². The monoisotopic (exact) mass is 615 g/mol. The number of para-hydroxylation sites is 1. The number of anilines is 2. The molecule has 0 amide bonds. The van der Waals surface area contributed by atoms with Gasteiger partial charge in [0.15, 0.2) is 10.8 Å². The van der Waals surface area contributed by atoms with Gasteiger partial charge < -0.3 is 10.4 Å². The summed E-state index contributed by atoms with van der Waals surface area (Å²) in [7, 11) is 0. The van der Waals surface area contributed by atoms with Crippen molar-refractivity contribution in [1.29, 1.82) is 0 Å². The lowest BCUT2D eigenvalue weighted by Gasteiger charge is -2.56. The number of hydrogen-bond acceptors (Lipinski definition) is 7. The quantitative estimate of drug-likeness (QED) is 0.188. The molecule has 0 unspecified atom stereocenters. The molecule has 9 nitrogen and oxygen atoms in total. The average molecular weight is 616 g/mol. The first-order chi connectivity index (χ1) is 21.9. The molecule has 5 heterocycles. The number of carboxylic acids is 1. The Bertz CT molecular complexity index is 2040. The van der Waals surface area contributed by atoms with Gasteiger partial charge in [0.1, 0.15) is 11.4 Å². The SMILES string of the molecule is Cc1c(-c2ccn3c(-c4ccc(Nc5nc6ccccc6s5)nc4)cnc3c2C(=O)O)cnn1CC12CC3CC(CC(C3)C1)C2. The summed E-state index contributed by atoms with van der Waals surface area (Å²) in [5, 5.41) is 19.3. The minimum atomic E-state index is -1.01. The molecular weight excluding hydrogens is 582 g/mol. The van der Waals surface area contributed by atoms with Crippen molar-refractivity contribution in [3.8, 4) is 22.4 Å². The van der Waals surface area contributed by atoms with Crippen molar-refractivity contribution in [2.45, 2.75) is 52.0 Å². The Morgan fingerprint density at radius 3 is 2.47 bits per heavy atom. The number of fused-ring (bicyclic) bond motifs is 2. The van der Waals surface area contributed by atoms with E-state index in [1.54, 1.807) is 23.7 Å². The van der Waals surface area contributed by atoms with E-state index in [1.807, 2.05) is 59.3 Å². The van der Waals surface area contributed by atoms with Gasteiger partial charge in [-0.05, 0) is 98.9 Å². The van der Waals surface area contributed by atoms with Gasteiger partial charge in [-0.25, -0.2) is 19.7 Å². The number of pyridine rings is 2. The first-order valence-electron chi connectivity index (χ1n) is 15.8. The number of thiazole rings is 1. The van der Waals surface area contributed by atoms with Crippen molar-refractivity contribution in [3.63, 3.8) is 0 Å². The highest BCUT2D eigenvalue weighted by atomic mass is 32.1. The maximum absolute atomic E-state index is 12.7. The third-order valence-corrected chi connectivity index (χ3v) is 11.5. The number of nitrogens with one attached hydrogen (secondary N) is 1. The van der Waals surface area contributed by atoms with E-state index in [4.69, 9.17) is 5.10 Å². The van der Waals surface area contributed by atoms with E-state index in [0.717, 1.165) is 62.2 Å². The van der Waals surface area contributed by atoms with Crippen LogP contribution in [0.4, 0.5) is 10.9 Å². The van der Waals surface area contributed by atoms with Gasteiger partial charge in [0.05, 0.1) is 28.3 Å². The summed E-state index contributed by atoms with van der Waals surface area (Å²) in [5.74, 6) is 2.31. The average Bonchev–Trinajstić information content (AvgIpc) is 3.73. The maximum atomic E-state index is 12.7. The number of nitrogens with zero attached hydrogens (tertiary/aromatic N) is 6. The summed E-state index contributed by atoms with van der Waals surface area (Å²) in [5.41, 5.74) is 6.01. The molecule has 0 radical (unpaired) electrons. The van der Waals surface area contributed by atoms with E-state index >= 15 is 0 Å². The van der Waals surface area contributed by atoms with Crippen LogP contribution in [0.1, 0.15) is 54.6 Å². The fourth-order valence-corrected chi connectivity index (χ4v) is 9.90. The van der Waals surface area contributed by atoms with E-state index in [2.05, 4.69) is 31.9 Å².